The van der Waals surface area contributed by atoms with Crippen molar-refractivity contribution in [2.75, 3.05) is 6.61 Å². The van der Waals surface area contributed by atoms with Crippen molar-refractivity contribution in [1.29, 1.82) is 0 Å². The summed E-state index contributed by atoms with van der Waals surface area (Å²) in [4.78, 5) is 0. The van der Waals surface area contributed by atoms with Crippen LogP contribution >= 0.6 is 0 Å². The predicted molar refractivity (Wildman–Crippen MR) is 76.5 cm³/mol. The molecule has 1 N–H and O–H groups in total. The Hall–Kier alpha value is -0.0800. The fraction of sp³-hybridized carbons (Fsp3) is 1.00. The van der Waals surface area contributed by atoms with E-state index in [2.05, 4.69) is 46.9 Å². The molecule has 1 atom stereocenters. The van der Waals surface area contributed by atoms with E-state index in [1.807, 2.05) is 0 Å². The average molecular weight is 253 g/mol. The molecular formula is C16H31NO. The van der Waals surface area contributed by atoms with Crippen molar-refractivity contribution in [3.05, 3.63) is 0 Å². The summed E-state index contributed by atoms with van der Waals surface area (Å²) in [5.41, 5.74) is 0.711. The zero-order valence-corrected chi connectivity index (χ0v) is 13.1. The zero-order chi connectivity index (χ0) is 13.6. The second-order valence-electron chi connectivity index (χ2n) is 8.30. The summed E-state index contributed by atoms with van der Waals surface area (Å²) < 4.78 is 6.28. The predicted octanol–water partition coefficient (Wildman–Crippen LogP) is 3.95. The summed E-state index contributed by atoms with van der Waals surface area (Å²) in [6.07, 6.45) is 4.87. The lowest BCUT2D eigenvalue weighted by Crippen LogP contribution is -2.65. The van der Waals surface area contributed by atoms with E-state index in [4.69, 9.17) is 4.74 Å². The van der Waals surface area contributed by atoms with Crippen LogP contribution in [0.1, 0.15) is 67.2 Å². The van der Waals surface area contributed by atoms with Gasteiger partial charge in [0.25, 0.3) is 0 Å². The van der Waals surface area contributed by atoms with Gasteiger partial charge in [-0.3, -0.25) is 5.32 Å². The average Bonchev–Trinajstić information content (AvgIpc) is 2.26. The first-order valence-corrected chi connectivity index (χ1v) is 7.58. The van der Waals surface area contributed by atoms with Gasteiger partial charge in [0, 0.05) is 11.5 Å². The van der Waals surface area contributed by atoms with E-state index in [-0.39, 0.29) is 11.1 Å². The standard InChI is InChI=1S/C16H31NO/c1-12(2)13-15(5,6)11-18-16(17-13)9-7-14(3,4)8-10-16/h12-13,17H,7-11H2,1-6H3. The van der Waals surface area contributed by atoms with Gasteiger partial charge in [0.05, 0.1) is 6.61 Å². The Kier molecular flexibility index (Phi) is 3.57. The lowest BCUT2D eigenvalue weighted by atomic mass is 9.70. The first kappa shape index (κ1) is 14.3. The quantitative estimate of drug-likeness (QED) is 0.764. The monoisotopic (exact) mass is 253 g/mol. The normalized spacial score (nSPS) is 33.8. The molecule has 2 rings (SSSR count). The molecule has 0 aromatic heterocycles. The van der Waals surface area contributed by atoms with Crippen LogP contribution in [0.2, 0.25) is 0 Å². The SMILES string of the molecule is CC(C)C1NC2(CCC(C)(C)CC2)OCC1(C)C. The highest BCUT2D eigenvalue weighted by atomic mass is 16.5. The Morgan fingerprint density at radius 1 is 1.00 bits per heavy atom. The molecule has 0 aromatic carbocycles. The van der Waals surface area contributed by atoms with Crippen molar-refractivity contribution in [2.24, 2.45) is 16.7 Å². The van der Waals surface area contributed by atoms with Gasteiger partial charge in [0.2, 0.25) is 0 Å². The van der Waals surface area contributed by atoms with Gasteiger partial charge in [0.1, 0.15) is 5.72 Å². The second-order valence-corrected chi connectivity index (χ2v) is 8.30. The van der Waals surface area contributed by atoms with Crippen LogP contribution < -0.4 is 5.32 Å². The van der Waals surface area contributed by atoms with E-state index in [9.17, 15) is 0 Å². The van der Waals surface area contributed by atoms with Crippen molar-refractivity contribution in [2.45, 2.75) is 79.0 Å². The van der Waals surface area contributed by atoms with Gasteiger partial charge in [-0.1, -0.05) is 41.5 Å². The van der Waals surface area contributed by atoms with Crippen LogP contribution in [0.3, 0.4) is 0 Å². The van der Waals surface area contributed by atoms with Crippen molar-refractivity contribution >= 4 is 0 Å². The van der Waals surface area contributed by atoms with Crippen molar-refractivity contribution in [3.63, 3.8) is 0 Å². The summed E-state index contributed by atoms with van der Waals surface area (Å²) in [5, 5.41) is 3.87. The number of nitrogens with one attached hydrogen (secondary N) is 1. The summed E-state index contributed by atoms with van der Waals surface area (Å²) in [6.45, 7) is 15.0. The third-order valence-electron chi connectivity index (χ3n) is 5.06. The zero-order valence-electron chi connectivity index (χ0n) is 13.1. The Morgan fingerprint density at radius 3 is 2.06 bits per heavy atom. The molecule has 106 valence electrons. The molecule has 2 heteroatoms. The first-order valence-electron chi connectivity index (χ1n) is 7.58. The molecule has 0 aromatic rings. The fourth-order valence-corrected chi connectivity index (χ4v) is 3.62. The molecule has 1 saturated carbocycles. The van der Waals surface area contributed by atoms with Crippen molar-refractivity contribution in [3.8, 4) is 0 Å². The van der Waals surface area contributed by atoms with Gasteiger partial charge in [-0.2, -0.15) is 0 Å². The number of rotatable bonds is 1. The molecule has 0 radical (unpaired) electrons. The summed E-state index contributed by atoms with van der Waals surface area (Å²) in [7, 11) is 0. The van der Waals surface area contributed by atoms with Crippen molar-refractivity contribution in [1.82, 2.24) is 5.32 Å². The number of hydrogen-bond donors (Lipinski definition) is 1. The lowest BCUT2D eigenvalue weighted by Gasteiger charge is -2.54. The molecule has 1 unspecified atom stereocenters. The van der Waals surface area contributed by atoms with E-state index in [1.54, 1.807) is 0 Å². The van der Waals surface area contributed by atoms with E-state index in [0.29, 0.717) is 17.4 Å². The molecule has 1 saturated heterocycles. The Morgan fingerprint density at radius 2 is 1.56 bits per heavy atom. The Balaban J connectivity index is 2.09. The van der Waals surface area contributed by atoms with Crippen LogP contribution in [0.25, 0.3) is 0 Å². The van der Waals surface area contributed by atoms with E-state index in [0.717, 1.165) is 6.61 Å². The second kappa shape index (κ2) is 4.49. The molecule has 1 spiro atoms. The van der Waals surface area contributed by atoms with E-state index < -0.39 is 0 Å². The number of ether oxygens (including phenoxy) is 1. The Labute approximate surface area is 113 Å². The van der Waals surface area contributed by atoms with Gasteiger partial charge < -0.3 is 4.74 Å². The summed E-state index contributed by atoms with van der Waals surface area (Å²) >= 11 is 0. The summed E-state index contributed by atoms with van der Waals surface area (Å²) in [5.74, 6) is 0.663. The molecule has 2 fully saturated rings. The minimum absolute atomic E-state index is 0.0278. The van der Waals surface area contributed by atoms with Gasteiger partial charge in [0.15, 0.2) is 0 Å². The maximum Gasteiger partial charge on any atom is 0.119 e. The smallest absolute Gasteiger partial charge is 0.119 e. The molecule has 2 aliphatic rings. The maximum atomic E-state index is 6.28. The third-order valence-corrected chi connectivity index (χ3v) is 5.06. The largest absolute Gasteiger partial charge is 0.360 e. The molecule has 1 aliphatic heterocycles. The fourth-order valence-electron chi connectivity index (χ4n) is 3.62. The maximum absolute atomic E-state index is 6.28. The highest BCUT2D eigenvalue weighted by molar-refractivity contribution is 4.99. The van der Waals surface area contributed by atoms with Crippen molar-refractivity contribution < 1.29 is 4.74 Å². The van der Waals surface area contributed by atoms with Gasteiger partial charge >= 0.3 is 0 Å². The molecule has 0 bridgehead atoms. The van der Waals surface area contributed by atoms with Crippen LogP contribution in [-0.4, -0.2) is 18.4 Å². The van der Waals surface area contributed by atoms with Gasteiger partial charge in [-0.25, -0.2) is 0 Å². The topological polar surface area (TPSA) is 21.3 Å². The van der Waals surface area contributed by atoms with Gasteiger partial charge in [-0.15, -0.1) is 0 Å². The highest BCUT2D eigenvalue weighted by Gasteiger charge is 2.48. The van der Waals surface area contributed by atoms with Crippen LogP contribution in [0, 0.1) is 16.7 Å². The van der Waals surface area contributed by atoms with Crippen LogP contribution in [-0.2, 0) is 4.74 Å². The molecule has 1 heterocycles. The minimum atomic E-state index is -0.0278. The highest BCUT2D eigenvalue weighted by Crippen LogP contribution is 2.45. The molecule has 0 amide bonds. The van der Waals surface area contributed by atoms with Crippen LogP contribution in [0.15, 0.2) is 0 Å². The van der Waals surface area contributed by atoms with Gasteiger partial charge in [-0.05, 0) is 37.0 Å². The molecule has 1 aliphatic carbocycles. The lowest BCUT2D eigenvalue weighted by molar-refractivity contribution is -0.187. The molecule has 2 nitrogen and oxygen atoms in total. The van der Waals surface area contributed by atoms with Crippen LogP contribution in [0.4, 0.5) is 0 Å². The summed E-state index contributed by atoms with van der Waals surface area (Å²) in [6, 6.07) is 0.562. The molecule has 18 heavy (non-hydrogen) atoms. The third kappa shape index (κ3) is 2.75. The van der Waals surface area contributed by atoms with E-state index >= 15 is 0 Å². The van der Waals surface area contributed by atoms with E-state index in [1.165, 1.54) is 25.7 Å². The molecular weight excluding hydrogens is 222 g/mol. The number of hydrogen-bond acceptors (Lipinski definition) is 2. The first-order chi connectivity index (χ1) is 8.16. The minimum Gasteiger partial charge on any atom is -0.360 e. The Bertz CT molecular complexity index is 291. The van der Waals surface area contributed by atoms with Crippen LogP contribution in [0.5, 0.6) is 0 Å².